The monoisotopic (exact) mass is 406 g/mol. The van der Waals surface area contributed by atoms with Crippen LogP contribution in [-0.2, 0) is 16.0 Å². The number of nitrogens with zero attached hydrogens (tertiary/aromatic N) is 3. The molecule has 7 nitrogen and oxygen atoms in total. The summed E-state index contributed by atoms with van der Waals surface area (Å²) in [6.07, 6.45) is 0.752. The third-order valence-corrected chi connectivity index (χ3v) is 5.17. The third-order valence-electron chi connectivity index (χ3n) is 5.17. The van der Waals surface area contributed by atoms with Gasteiger partial charge in [0.15, 0.2) is 0 Å². The number of amides is 2. The third kappa shape index (κ3) is 6.06. The van der Waals surface area contributed by atoms with Gasteiger partial charge in [0.1, 0.15) is 5.75 Å². The highest BCUT2D eigenvalue weighted by atomic mass is 16.5. The zero-order valence-corrected chi connectivity index (χ0v) is 17.1. The van der Waals surface area contributed by atoms with Crippen LogP contribution in [0.5, 0.6) is 5.75 Å². The van der Waals surface area contributed by atoms with Gasteiger partial charge in [-0.3, -0.25) is 14.5 Å². The molecule has 1 N–H and O–H groups in total. The summed E-state index contributed by atoms with van der Waals surface area (Å²) in [5.74, 6) is 0.808. The fraction of sp³-hybridized carbons (Fsp3) is 0.348. The SMILES string of the molecule is COc1cccc(CC(=O)N2CCN(CCC(=O)Nc3ccc(C#N)cc3)CC2)c1. The minimum atomic E-state index is -0.0590. The van der Waals surface area contributed by atoms with Crippen molar-refractivity contribution in [3.63, 3.8) is 0 Å². The summed E-state index contributed by atoms with van der Waals surface area (Å²) in [6.45, 7) is 3.50. The van der Waals surface area contributed by atoms with Gasteiger partial charge in [-0.05, 0) is 42.0 Å². The molecular formula is C23H26N4O3. The van der Waals surface area contributed by atoms with Crippen molar-refractivity contribution in [2.75, 3.05) is 45.2 Å². The van der Waals surface area contributed by atoms with Crippen LogP contribution in [0.1, 0.15) is 17.5 Å². The fourth-order valence-electron chi connectivity index (χ4n) is 3.40. The Morgan fingerprint density at radius 3 is 2.50 bits per heavy atom. The average Bonchev–Trinajstić information content (AvgIpc) is 2.78. The van der Waals surface area contributed by atoms with E-state index in [1.165, 1.54) is 0 Å². The maximum Gasteiger partial charge on any atom is 0.227 e. The Morgan fingerprint density at radius 1 is 1.10 bits per heavy atom. The lowest BCUT2D eigenvalue weighted by Crippen LogP contribution is -2.49. The summed E-state index contributed by atoms with van der Waals surface area (Å²) in [5, 5.41) is 11.7. The zero-order valence-electron chi connectivity index (χ0n) is 17.1. The van der Waals surface area contributed by atoms with Gasteiger partial charge in [0.2, 0.25) is 11.8 Å². The number of nitriles is 1. The van der Waals surface area contributed by atoms with Crippen molar-refractivity contribution < 1.29 is 14.3 Å². The van der Waals surface area contributed by atoms with Crippen molar-refractivity contribution in [2.24, 2.45) is 0 Å². The van der Waals surface area contributed by atoms with Crippen LogP contribution in [0.4, 0.5) is 5.69 Å². The van der Waals surface area contributed by atoms with E-state index in [4.69, 9.17) is 10.00 Å². The van der Waals surface area contributed by atoms with Crippen LogP contribution >= 0.6 is 0 Å². The molecular weight excluding hydrogens is 380 g/mol. The molecule has 156 valence electrons. The van der Waals surface area contributed by atoms with E-state index in [2.05, 4.69) is 16.3 Å². The molecule has 7 heteroatoms. The summed E-state index contributed by atoms with van der Waals surface area (Å²) in [6, 6.07) is 16.4. The van der Waals surface area contributed by atoms with Crippen molar-refractivity contribution in [3.8, 4) is 11.8 Å². The molecule has 1 heterocycles. The molecule has 3 rings (SSSR count). The molecule has 0 unspecified atom stereocenters. The first-order valence-corrected chi connectivity index (χ1v) is 10.0. The summed E-state index contributed by atoms with van der Waals surface area (Å²) in [5.41, 5.74) is 2.19. The molecule has 2 amide bonds. The minimum Gasteiger partial charge on any atom is -0.497 e. The van der Waals surface area contributed by atoms with Crippen molar-refractivity contribution in [2.45, 2.75) is 12.8 Å². The fourth-order valence-corrected chi connectivity index (χ4v) is 3.40. The van der Waals surface area contributed by atoms with Gasteiger partial charge in [0, 0.05) is 44.8 Å². The van der Waals surface area contributed by atoms with Crippen molar-refractivity contribution in [1.82, 2.24) is 9.80 Å². The number of carbonyl (C=O) groups excluding carboxylic acids is 2. The molecule has 1 aliphatic heterocycles. The number of ether oxygens (including phenoxy) is 1. The van der Waals surface area contributed by atoms with Crippen LogP contribution in [0.15, 0.2) is 48.5 Å². The maximum absolute atomic E-state index is 12.6. The molecule has 0 aliphatic carbocycles. The lowest BCUT2D eigenvalue weighted by molar-refractivity contribution is -0.132. The number of hydrogen-bond acceptors (Lipinski definition) is 5. The second-order valence-corrected chi connectivity index (χ2v) is 7.24. The standard InChI is InChI=1S/C23H26N4O3/c1-30-21-4-2-3-19(15-21)16-23(29)27-13-11-26(12-14-27)10-9-22(28)25-20-7-5-18(17-24)6-8-20/h2-8,15H,9-14,16H2,1H3,(H,25,28). The second kappa shape index (κ2) is 10.4. The summed E-state index contributed by atoms with van der Waals surface area (Å²) < 4.78 is 5.21. The molecule has 0 aromatic heterocycles. The van der Waals surface area contributed by atoms with Crippen molar-refractivity contribution in [3.05, 3.63) is 59.7 Å². The van der Waals surface area contributed by atoms with Crippen LogP contribution in [0, 0.1) is 11.3 Å². The molecule has 0 atom stereocenters. The van der Waals surface area contributed by atoms with Gasteiger partial charge in [-0.1, -0.05) is 12.1 Å². The van der Waals surface area contributed by atoms with Gasteiger partial charge in [0.25, 0.3) is 0 Å². The number of anilines is 1. The highest BCUT2D eigenvalue weighted by molar-refractivity contribution is 5.90. The van der Waals surface area contributed by atoms with Gasteiger partial charge in [-0.25, -0.2) is 0 Å². The van der Waals surface area contributed by atoms with E-state index in [-0.39, 0.29) is 11.8 Å². The molecule has 0 saturated carbocycles. The van der Waals surface area contributed by atoms with Crippen molar-refractivity contribution in [1.29, 1.82) is 5.26 Å². The maximum atomic E-state index is 12.6. The molecule has 0 spiro atoms. The largest absolute Gasteiger partial charge is 0.497 e. The smallest absolute Gasteiger partial charge is 0.227 e. The lowest BCUT2D eigenvalue weighted by Gasteiger charge is -2.34. The number of nitrogens with one attached hydrogen (secondary N) is 1. The molecule has 1 aliphatic rings. The molecule has 1 fully saturated rings. The van der Waals surface area contributed by atoms with Crippen LogP contribution in [0.3, 0.4) is 0 Å². The Kier molecular flexibility index (Phi) is 7.41. The van der Waals surface area contributed by atoms with Gasteiger partial charge < -0.3 is 15.0 Å². The quantitative estimate of drug-likeness (QED) is 0.763. The predicted molar refractivity (Wildman–Crippen MR) is 114 cm³/mol. The van der Waals surface area contributed by atoms with Crippen molar-refractivity contribution >= 4 is 17.5 Å². The normalized spacial score (nSPS) is 14.1. The number of benzene rings is 2. The van der Waals surface area contributed by atoms with Crippen LogP contribution in [-0.4, -0.2) is 61.4 Å². The Labute approximate surface area is 176 Å². The average molecular weight is 406 g/mol. The van der Waals surface area contributed by atoms with E-state index >= 15 is 0 Å². The predicted octanol–water partition coefficient (Wildman–Crippen LogP) is 2.28. The minimum absolute atomic E-state index is 0.0590. The zero-order chi connectivity index (χ0) is 21.3. The molecule has 2 aromatic carbocycles. The Balaban J connectivity index is 1.39. The summed E-state index contributed by atoms with van der Waals surface area (Å²) in [4.78, 5) is 28.8. The first kappa shape index (κ1) is 21.3. The molecule has 1 saturated heterocycles. The number of methoxy groups -OCH3 is 1. The highest BCUT2D eigenvalue weighted by Crippen LogP contribution is 2.15. The Morgan fingerprint density at radius 2 is 1.83 bits per heavy atom. The first-order chi connectivity index (χ1) is 14.6. The highest BCUT2D eigenvalue weighted by Gasteiger charge is 2.21. The van der Waals surface area contributed by atoms with E-state index in [1.54, 1.807) is 31.4 Å². The lowest BCUT2D eigenvalue weighted by atomic mass is 10.1. The number of piperazine rings is 1. The van der Waals surface area contributed by atoms with Crippen LogP contribution in [0.25, 0.3) is 0 Å². The number of rotatable bonds is 7. The van der Waals surface area contributed by atoms with E-state index in [0.29, 0.717) is 43.7 Å². The summed E-state index contributed by atoms with van der Waals surface area (Å²) >= 11 is 0. The van der Waals surface area contributed by atoms with E-state index in [9.17, 15) is 9.59 Å². The molecule has 0 bridgehead atoms. The summed E-state index contributed by atoms with van der Waals surface area (Å²) in [7, 11) is 1.62. The van der Waals surface area contributed by atoms with E-state index < -0.39 is 0 Å². The van der Waals surface area contributed by atoms with E-state index in [1.807, 2.05) is 29.2 Å². The molecule has 0 radical (unpaired) electrons. The molecule has 2 aromatic rings. The Bertz CT molecular complexity index is 913. The van der Waals surface area contributed by atoms with Crippen LogP contribution < -0.4 is 10.1 Å². The first-order valence-electron chi connectivity index (χ1n) is 10.0. The topological polar surface area (TPSA) is 85.7 Å². The van der Waals surface area contributed by atoms with Gasteiger partial charge in [-0.2, -0.15) is 5.26 Å². The van der Waals surface area contributed by atoms with Gasteiger partial charge >= 0.3 is 0 Å². The van der Waals surface area contributed by atoms with Gasteiger partial charge in [0.05, 0.1) is 25.2 Å². The number of carbonyl (C=O) groups is 2. The van der Waals surface area contributed by atoms with E-state index in [0.717, 1.165) is 24.4 Å². The van der Waals surface area contributed by atoms with Gasteiger partial charge in [-0.15, -0.1) is 0 Å². The Hall–Kier alpha value is -3.37. The molecule has 30 heavy (non-hydrogen) atoms. The van der Waals surface area contributed by atoms with Crippen LogP contribution in [0.2, 0.25) is 0 Å². The number of hydrogen-bond donors (Lipinski definition) is 1. The second-order valence-electron chi connectivity index (χ2n) is 7.24.